The maximum atomic E-state index is 11.0. The van der Waals surface area contributed by atoms with Crippen molar-refractivity contribution in [3.05, 3.63) is 36.4 Å². The zero-order valence-electron chi connectivity index (χ0n) is 13.8. The van der Waals surface area contributed by atoms with Gasteiger partial charge in [-0.05, 0) is 38.1 Å². The molecule has 8 nitrogen and oxygen atoms in total. The molecule has 0 aromatic heterocycles. The number of benzene rings is 2. The summed E-state index contributed by atoms with van der Waals surface area (Å²) in [6.07, 6.45) is 0. The molecule has 0 heterocycles. The number of nitrogens with zero attached hydrogens (tertiary/aromatic N) is 2. The number of hydrogen-bond donors (Lipinski definition) is 2. The van der Waals surface area contributed by atoms with E-state index in [1.165, 1.54) is 24.3 Å². The average Bonchev–Trinajstić information content (AvgIpc) is 2.56. The number of rotatable bonds is 7. The van der Waals surface area contributed by atoms with Crippen molar-refractivity contribution in [2.45, 2.75) is 18.7 Å². The van der Waals surface area contributed by atoms with Crippen LogP contribution in [0, 0.1) is 0 Å². The second-order valence-electron chi connectivity index (χ2n) is 4.89. The zero-order chi connectivity index (χ0) is 18.4. The molecule has 0 aliphatic rings. The molecule has 25 heavy (non-hydrogen) atoms. The minimum atomic E-state index is -4.24. The molecule has 0 unspecified atom stereocenters. The SMILES string of the molecule is CCOc1cc(N=Nc2ccc(S(=O)(=O)O)cc2)c(OCC)cc1N. The molecule has 3 N–H and O–H groups in total. The average molecular weight is 365 g/mol. The molecule has 0 radical (unpaired) electrons. The quantitative estimate of drug-likeness (QED) is 0.438. The Kier molecular flexibility index (Phi) is 5.94. The van der Waals surface area contributed by atoms with Gasteiger partial charge in [0.15, 0.2) is 0 Å². The molecular formula is C16H19N3O5S. The summed E-state index contributed by atoms with van der Waals surface area (Å²) >= 11 is 0. The van der Waals surface area contributed by atoms with Gasteiger partial charge < -0.3 is 15.2 Å². The Balaban J connectivity index is 2.33. The van der Waals surface area contributed by atoms with Crippen LogP contribution in [-0.4, -0.2) is 26.2 Å². The Bertz CT molecular complexity index is 864. The van der Waals surface area contributed by atoms with Crippen molar-refractivity contribution < 1.29 is 22.4 Å². The lowest BCUT2D eigenvalue weighted by Crippen LogP contribution is -1.99. The Morgan fingerprint density at radius 1 is 1.00 bits per heavy atom. The summed E-state index contributed by atoms with van der Waals surface area (Å²) in [5.74, 6) is 0.934. The molecule has 2 aromatic carbocycles. The lowest BCUT2D eigenvalue weighted by Gasteiger charge is -2.11. The second kappa shape index (κ2) is 7.95. The van der Waals surface area contributed by atoms with E-state index in [1.807, 2.05) is 13.8 Å². The van der Waals surface area contributed by atoms with Crippen molar-refractivity contribution in [3.63, 3.8) is 0 Å². The summed E-state index contributed by atoms with van der Waals surface area (Å²) in [6.45, 7) is 4.56. The molecule has 0 saturated carbocycles. The van der Waals surface area contributed by atoms with Crippen molar-refractivity contribution in [1.29, 1.82) is 0 Å². The molecule has 0 amide bonds. The highest BCUT2D eigenvalue weighted by atomic mass is 32.2. The van der Waals surface area contributed by atoms with E-state index in [9.17, 15) is 8.42 Å². The molecule has 9 heteroatoms. The van der Waals surface area contributed by atoms with Crippen molar-refractivity contribution in [2.75, 3.05) is 18.9 Å². The van der Waals surface area contributed by atoms with Crippen LogP contribution in [-0.2, 0) is 10.1 Å². The molecule has 0 aliphatic carbocycles. The van der Waals surface area contributed by atoms with E-state index < -0.39 is 10.1 Å². The van der Waals surface area contributed by atoms with E-state index >= 15 is 0 Å². The largest absolute Gasteiger partial charge is 0.492 e. The lowest BCUT2D eigenvalue weighted by molar-refractivity contribution is 0.333. The predicted octanol–water partition coefficient (Wildman–Crippen LogP) is 3.73. The van der Waals surface area contributed by atoms with Gasteiger partial charge in [0.05, 0.1) is 29.5 Å². The first-order valence-electron chi connectivity index (χ1n) is 7.53. The Hall–Kier alpha value is -2.65. The zero-order valence-corrected chi connectivity index (χ0v) is 14.7. The van der Waals surface area contributed by atoms with E-state index in [-0.39, 0.29) is 4.90 Å². The first-order valence-corrected chi connectivity index (χ1v) is 8.97. The highest BCUT2D eigenvalue weighted by molar-refractivity contribution is 7.85. The van der Waals surface area contributed by atoms with Gasteiger partial charge in [0.25, 0.3) is 10.1 Å². The van der Waals surface area contributed by atoms with Crippen LogP contribution in [0.1, 0.15) is 13.8 Å². The van der Waals surface area contributed by atoms with Crippen molar-refractivity contribution in [1.82, 2.24) is 0 Å². The Morgan fingerprint density at radius 3 is 2.16 bits per heavy atom. The highest BCUT2D eigenvalue weighted by Gasteiger charge is 2.11. The summed E-state index contributed by atoms with van der Waals surface area (Å²) in [6, 6.07) is 8.56. The van der Waals surface area contributed by atoms with Gasteiger partial charge in [0.1, 0.15) is 17.2 Å². The molecule has 0 atom stereocenters. The summed E-state index contributed by atoms with van der Waals surface area (Å²) in [5.41, 5.74) is 7.18. The van der Waals surface area contributed by atoms with E-state index in [2.05, 4.69) is 10.2 Å². The van der Waals surface area contributed by atoms with E-state index in [0.29, 0.717) is 41.8 Å². The number of nitrogens with two attached hydrogens (primary N) is 1. The summed E-state index contributed by atoms with van der Waals surface area (Å²) in [4.78, 5) is -0.215. The van der Waals surface area contributed by atoms with E-state index in [4.69, 9.17) is 19.8 Å². The number of azo groups is 1. The fourth-order valence-corrected chi connectivity index (χ4v) is 2.47. The minimum absolute atomic E-state index is 0.215. The maximum Gasteiger partial charge on any atom is 0.294 e. The highest BCUT2D eigenvalue weighted by Crippen LogP contribution is 2.37. The summed E-state index contributed by atoms with van der Waals surface area (Å²) in [5, 5.41) is 8.17. The third kappa shape index (κ3) is 4.91. The van der Waals surface area contributed by atoms with Gasteiger partial charge in [0.2, 0.25) is 0 Å². The van der Waals surface area contributed by atoms with Crippen LogP contribution < -0.4 is 15.2 Å². The predicted molar refractivity (Wildman–Crippen MR) is 93.6 cm³/mol. The third-order valence-corrected chi connectivity index (χ3v) is 3.97. The third-order valence-electron chi connectivity index (χ3n) is 3.10. The first kappa shape index (κ1) is 18.7. The van der Waals surface area contributed by atoms with Gasteiger partial charge >= 0.3 is 0 Å². The summed E-state index contributed by atoms with van der Waals surface area (Å²) < 4.78 is 42.0. The molecule has 2 rings (SSSR count). The van der Waals surface area contributed by atoms with Crippen molar-refractivity contribution in [2.24, 2.45) is 10.2 Å². The van der Waals surface area contributed by atoms with E-state index in [1.54, 1.807) is 12.1 Å². The van der Waals surface area contributed by atoms with Gasteiger partial charge in [-0.2, -0.15) is 13.5 Å². The van der Waals surface area contributed by atoms with Crippen LogP contribution in [0.2, 0.25) is 0 Å². The maximum absolute atomic E-state index is 11.0. The van der Waals surface area contributed by atoms with Crippen LogP contribution >= 0.6 is 0 Å². The van der Waals surface area contributed by atoms with Gasteiger partial charge in [0, 0.05) is 12.1 Å². The molecule has 134 valence electrons. The van der Waals surface area contributed by atoms with Gasteiger partial charge in [-0.15, -0.1) is 5.11 Å². The molecule has 0 saturated heterocycles. The number of hydrogen-bond acceptors (Lipinski definition) is 7. The van der Waals surface area contributed by atoms with Gasteiger partial charge in [-0.3, -0.25) is 4.55 Å². The number of ether oxygens (including phenoxy) is 2. The number of nitrogen functional groups attached to an aromatic ring is 1. The molecule has 0 aliphatic heterocycles. The molecule has 2 aromatic rings. The van der Waals surface area contributed by atoms with Crippen LogP contribution in [0.4, 0.5) is 17.1 Å². The molecule has 0 spiro atoms. The fourth-order valence-electron chi connectivity index (χ4n) is 1.99. The Morgan fingerprint density at radius 2 is 1.60 bits per heavy atom. The molecule has 0 fully saturated rings. The summed E-state index contributed by atoms with van der Waals surface area (Å²) in [7, 11) is -4.24. The normalized spacial score (nSPS) is 11.6. The number of anilines is 1. The molecule has 0 bridgehead atoms. The molecular weight excluding hydrogens is 346 g/mol. The van der Waals surface area contributed by atoms with Gasteiger partial charge in [-0.1, -0.05) is 0 Å². The van der Waals surface area contributed by atoms with Crippen molar-refractivity contribution >= 4 is 27.2 Å². The Labute approximate surface area is 146 Å². The minimum Gasteiger partial charge on any atom is -0.492 e. The topological polar surface area (TPSA) is 124 Å². The monoisotopic (exact) mass is 365 g/mol. The standard InChI is InChI=1S/C16H19N3O5S/c1-3-23-15-10-14(16(24-4-2)9-13(15)17)19-18-11-5-7-12(8-6-11)25(20,21)22/h5-10H,3-4,17H2,1-2H3,(H,20,21,22). The first-order chi connectivity index (χ1) is 11.8. The van der Waals surface area contributed by atoms with Crippen molar-refractivity contribution in [3.8, 4) is 11.5 Å². The van der Waals surface area contributed by atoms with Gasteiger partial charge in [-0.25, -0.2) is 0 Å². The lowest BCUT2D eigenvalue weighted by atomic mass is 10.2. The van der Waals surface area contributed by atoms with Crippen LogP contribution in [0.3, 0.4) is 0 Å². The van der Waals surface area contributed by atoms with Crippen LogP contribution in [0.25, 0.3) is 0 Å². The fraction of sp³-hybridized carbons (Fsp3) is 0.250. The van der Waals surface area contributed by atoms with E-state index in [0.717, 1.165) is 0 Å². The smallest absolute Gasteiger partial charge is 0.294 e. The van der Waals surface area contributed by atoms with Crippen LogP contribution in [0.15, 0.2) is 51.5 Å². The second-order valence-corrected chi connectivity index (χ2v) is 6.31. The van der Waals surface area contributed by atoms with Crippen LogP contribution in [0.5, 0.6) is 11.5 Å².